The monoisotopic (exact) mass is 340 g/mol. The second-order valence-electron chi connectivity index (χ2n) is 5.56. The molecule has 0 spiro atoms. The molecule has 1 N–H and O–H groups in total. The van der Waals surface area contributed by atoms with E-state index in [9.17, 15) is 31.4 Å². The molecular formula is C14H14F6N2O. The molecule has 0 bridgehead atoms. The number of halogens is 6. The van der Waals surface area contributed by atoms with Crippen molar-refractivity contribution in [3.05, 3.63) is 24.3 Å². The van der Waals surface area contributed by atoms with Crippen LogP contribution in [0.15, 0.2) is 24.3 Å². The summed E-state index contributed by atoms with van der Waals surface area (Å²) in [7, 11) is 0. The van der Waals surface area contributed by atoms with Crippen LogP contribution in [0.25, 0.3) is 0 Å². The highest BCUT2D eigenvalue weighted by atomic mass is 19.4. The number of alkyl halides is 6. The van der Waals surface area contributed by atoms with E-state index in [-0.39, 0.29) is 19.4 Å². The molecule has 23 heavy (non-hydrogen) atoms. The highest BCUT2D eigenvalue weighted by molar-refractivity contribution is 5.33. The number of aliphatic hydroxyl groups excluding tert-OH is 1. The molecule has 1 heterocycles. The lowest BCUT2D eigenvalue weighted by atomic mass is 9.78. The Balaban J connectivity index is 2.51. The van der Waals surface area contributed by atoms with Gasteiger partial charge < -0.3 is 5.11 Å². The van der Waals surface area contributed by atoms with Gasteiger partial charge in [-0.05, 0) is 19.4 Å². The van der Waals surface area contributed by atoms with Gasteiger partial charge >= 0.3 is 12.4 Å². The third-order valence-electron chi connectivity index (χ3n) is 4.31. The van der Waals surface area contributed by atoms with Gasteiger partial charge in [0.25, 0.3) is 0 Å². The van der Waals surface area contributed by atoms with Gasteiger partial charge in [0, 0.05) is 6.04 Å². The molecule has 3 nitrogen and oxygen atoms in total. The van der Waals surface area contributed by atoms with Gasteiger partial charge in [0.05, 0.1) is 12.0 Å². The number of hydrogen-bond acceptors (Lipinski definition) is 3. The molecule has 1 saturated heterocycles. The Labute approximate surface area is 128 Å². The first-order valence-corrected chi connectivity index (χ1v) is 6.89. The zero-order valence-electron chi connectivity index (χ0n) is 11.8. The van der Waals surface area contributed by atoms with Gasteiger partial charge in [0.15, 0.2) is 11.6 Å². The maximum Gasteiger partial charge on any atom is 0.415 e. The van der Waals surface area contributed by atoms with Crippen molar-refractivity contribution >= 4 is 0 Å². The van der Waals surface area contributed by atoms with Gasteiger partial charge in [-0.15, -0.1) is 0 Å². The molecule has 1 aliphatic heterocycles. The predicted octanol–water partition coefficient (Wildman–Crippen LogP) is 2.94. The van der Waals surface area contributed by atoms with Gasteiger partial charge in [-0.25, -0.2) is 0 Å². The van der Waals surface area contributed by atoms with Crippen molar-refractivity contribution in [3.8, 4) is 6.07 Å². The summed E-state index contributed by atoms with van der Waals surface area (Å²) < 4.78 is 79.7. The molecule has 4 atom stereocenters. The summed E-state index contributed by atoms with van der Waals surface area (Å²) in [6, 6.07) is -0.233. The average Bonchev–Trinajstić information content (AvgIpc) is 2.93. The summed E-state index contributed by atoms with van der Waals surface area (Å²) >= 11 is 0. The Morgan fingerprint density at radius 3 is 2.39 bits per heavy atom. The second-order valence-corrected chi connectivity index (χ2v) is 5.56. The van der Waals surface area contributed by atoms with Crippen LogP contribution in [-0.2, 0) is 0 Å². The van der Waals surface area contributed by atoms with Crippen LogP contribution >= 0.6 is 0 Å². The third kappa shape index (κ3) is 2.85. The van der Waals surface area contributed by atoms with Crippen molar-refractivity contribution in [2.75, 3.05) is 6.54 Å². The molecule has 1 aliphatic carbocycles. The van der Waals surface area contributed by atoms with Crippen LogP contribution in [-0.4, -0.2) is 46.6 Å². The standard InChI is InChI=1S/C14H14F6N2O/c15-13(16,17)11(23)10-5-3-7-22(10)12(14(18,19)20)6-2-1-4-9(12)8-21/h1-2,4,6,9-11,23H,3,5,7H2/t9?,10-,11+,12?/m1/s1. The van der Waals surface area contributed by atoms with Crippen molar-refractivity contribution in [1.29, 1.82) is 5.26 Å². The van der Waals surface area contributed by atoms with E-state index in [1.54, 1.807) is 0 Å². The van der Waals surface area contributed by atoms with Gasteiger partial charge in [0.2, 0.25) is 0 Å². The number of likely N-dealkylation sites (tertiary alicyclic amines) is 1. The molecule has 0 amide bonds. The van der Waals surface area contributed by atoms with E-state index >= 15 is 0 Å². The topological polar surface area (TPSA) is 47.3 Å². The Bertz CT molecular complexity index is 547. The molecule has 0 aromatic carbocycles. The summed E-state index contributed by atoms with van der Waals surface area (Å²) in [5.74, 6) is -1.69. The first-order valence-electron chi connectivity index (χ1n) is 6.89. The Morgan fingerprint density at radius 2 is 1.87 bits per heavy atom. The summed E-state index contributed by atoms with van der Waals surface area (Å²) in [5, 5.41) is 18.6. The van der Waals surface area contributed by atoms with Crippen molar-refractivity contribution < 1.29 is 31.4 Å². The first kappa shape index (κ1) is 17.8. The molecule has 0 aromatic rings. The van der Waals surface area contributed by atoms with E-state index in [4.69, 9.17) is 5.26 Å². The van der Waals surface area contributed by atoms with Crippen LogP contribution in [0.5, 0.6) is 0 Å². The summed E-state index contributed by atoms with van der Waals surface area (Å²) in [6.45, 7) is -0.284. The minimum atomic E-state index is -5.03. The molecule has 9 heteroatoms. The van der Waals surface area contributed by atoms with Gasteiger partial charge in [0.1, 0.15) is 0 Å². The van der Waals surface area contributed by atoms with Crippen molar-refractivity contribution in [3.63, 3.8) is 0 Å². The maximum absolute atomic E-state index is 13.8. The Hall–Kier alpha value is -1.53. The van der Waals surface area contributed by atoms with Crippen LogP contribution < -0.4 is 0 Å². The van der Waals surface area contributed by atoms with Crippen LogP contribution in [0.3, 0.4) is 0 Å². The lowest BCUT2D eigenvalue weighted by Crippen LogP contribution is -2.66. The maximum atomic E-state index is 13.8. The molecule has 128 valence electrons. The zero-order chi connectivity index (χ0) is 17.5. The first-order chi connectivity index (χ1) is 10.6. The molecule has 1 fully saturated rings. The second kappa shape index (κ2) is 5.83. The number of hydrogen-bond donors (Lipinski definition) is 1. The fraction of sp³-hybridized carbons (Fsp3) is 0.643. The van der Waals surface area contributed by atoms with Gasteiger partial charge in [-0.1, -0.05) is 24.3 Å². The van der Waals surface area contributed by atoms with Gasteiger partial charge in [-0.3, -0.25) is 4.90 Å². The van der Waals surface area contributed by atoms with Crippen LogP contribution in [0.4, 0.5) is 26.3 Å². The van der Waals surface area contributed by atoms with Crippen LogP contribution in [0.2, 0.25) is 0 Å². The fourth-order valence-corrected chi connectivity index (χ4v) is 3.28. The van der Waals surface area contributed by atoms with E-state index in [1.807, 2.05) is 0 Å². The average molecular weight is 340 g/mol. The quantitative estimate of drug-likeness (QED) is 0.787. The SMILES string of the molecule is N#CC1C=CC=CC1(N1CCC[C@@H]1[C@H](O)C(F)(F)F)C(F)(F)F. The molecule has 0 radical (unpaired) electrons. The highest BCUT2D eigenvalue weighted by Crippen LogP contribution is 2.48. The number of nitrogens with zero attached hydrogens (tertiary/aromatic N) is 2. The highest BCUT2D eigenvalue weighted by Gasteiger charge is 2.65. The fourth-order valence-electron chi connectivity index (χ4n) is 3.28. The van der Waals surface area contributed by atoms with E-state index in [2.05, 4.69) is 0 Å². The van der Waals surface area contributed by atoms with Crippen LogP contribution in [0, 0.1) is 17.2 Å². The molecule has 2 unspecified atom stereocenters. The molecule has 0 aromatic heterocycles. The summed E-state index contributed by atoms with van der Waals surface area (Å²) in [4.78, 5) is 0.582. The van der Waals surface area contributed by atoms with Gasteiger partial charge in [-0.2, -0.15) is 31.6 Å². The Kier molecular flexibility index (Phi) is 4.52. The number of nitriles is 1. The molecular weight excluding hydrogens is 326 g/mol. The lowest BCUT2D eigenvalue weighted by Gasteiger charge is -2.47. The predicted molar refractivity (Wildman–Crippen MR) is 68.0 cm³/mol. The minimum absolute atomic E-state index is 0.0747. The number of allylic oxidation sites excluding steroid dienone is 2. The normalized spacial score (nSPS) is 33.7. The van der Waals surface area contributed by atoms with E-state index in [0.717, 1.165) is 12.2 Å². The largest absolute Gasteiger partial charge is 0.415 e. The zero-order valence-corrected chi connectivity index (χ0v) is 11.8. The molecule has 2 rings (SSSR count). The minimum Gasteiger partial charge on any atom is -0.382 e. The molecule has 0 saturated carbocycles. The summed E-state index contributed by atoms with van der Waals surface area (Å²) in [5.41, 5.74) is -2.87. The van der Waals surface area contributed by atoms with E-state index in [1.165, 1.54) is 12.1 Å². The van der Waals surface area contributed by atoms with Crippen molar-refractivity contribution in [2.45, 2.75) is 42.9 Å². The molecule has 2 aliphatic rings. The van der Waals surface area contributed by atoms with E-state index < -0.39 is 36.0 Å². The van der Waals surface area contributed by atoms with Crippen molar-refractivity contribution in [2.24, 2.45) is 5.92 Å². The van der Waals surface area contributed by atoms with Crippen LogP contribution in [0.1, 0.15) is 12.8 Å². The smallest absolute Gasteiger partial charge is 0.382 e. The lowest BCUT2D eigenvalue weighted by molar-refractivity contribution is -0.255. The van der Waals surface area contributed by atoms with Crippen molar-refractivity contribution in [1.82, 2.24) is 4.90 Å². The Morgan fingerprint density at radius 1 is 1.22 bits per heavy atom. The number of rotatable bonds is 2. The van der Waals surface area contributed by atoms with E-state index in [0.29, 0.717) is 11.0 Å². The number of aliphatic hydroxyl groups is 1. The third-order valence-corrected chi connectivity index (χ3v) is 4.31. The summed E-state index contributed by atoms with van der Waals surface area (Å²) in [6.07, 6.45) is -9.01.